The Hall–Kier alpha value is -1.68. The van der Waals surface area contributed by atoms with Gasteiger partial charge < -0.3 is 22.5 Å². The van der Waals surface area contributed by atoms with Gasteiger partial charge in [-0.25, -0.2) is 0 Å². The van der Waals surface area contributed by atoms with E-state index in [4.69, 9.17) is 4.74 Å². The van der Waals surface area contributed by atoms with E-state index in [0.717, 1.165) is 18.7 Å². The summed E-state index contributed by atoms with van der Waals surface area (Å²) >= 11 is 0. The molecular formula is C18H22ClNO2. The Bertz CT molecular complexity index is 546. The van der Waals surface area contributed by atoms with Crippen LogP contribution in [-0.4, -0.2) is 26.0 Å². The lowest BCUT2D eigenvalue weighted by molar-refractivity contribution is -0.661. The Balaban J connectivity index is 0.00000242. The molecule has 0 fully saturated rings. The van der Waals surface area contributed by atoms with Crippen molar-refractivity contribution in [1.82, 2.24) is 0 Å². The van der Waals surface area contributed by atoms with Crippen molar-refractivity contribution in [1.29, 1.82) is 0 Å². The molecule has 22 heavy (non-hydrogen) atoms. The van der Waals surface area contributed by atoms with E-state index in [1.54, 1.807) is 7.11 Å². The minimum atomic E-state index is 0. The summed E-state index contributed by atoms with van der Waals surface area (Å²) in [6, 6.07) is 19.6. The second-order valence-corrected chi connectivity index (χ2v) is 4.99. The molecule has 0 aliphatic rings. The number of Topliss-reactive ketones (excluding diaryl/α,β-unsaturated/α-hetero) is 1. The van der Waals surface area contributed by atoms with E-state index in [2.05, 4.69) is 17.4 Å². The first-order valence-electron chi connectivity index (χ1n) is 7.29. The van der Waals surface area contributed by atoms with Gasteiger partial charge >= 0.3 is 0 Å². The molecule has 2 aromatic rings. The fourth-order valence-corrected chi connectivity index (χ4v) is 2.31. The van der Waals surface area contributed by atoms with Crippen molar-refractivity contribution in [2.75, 3.05) is 20.2 Å². The fraction of sp³-hybridized carbons (Fsp3) is 0.278. The van der Waals surface area contributed by atoms with Crippen LogP contribution in [-0.2, 0) is 4.74 Å². The maximum atomic E-state index is 12.0. The van der Waals surface area contributed by atoms with Gasteiger partial charge in [-0.3, -0.25) is 4.79 Å². The molecule has 0 heterocycles. The molecule has 4 heteroatoms. The molecule has 2 rings (SSSR count). The van der Waals surface area contributed by atoms with E-state index < -0.39 is 0 Å². The molecule has 0 aromatic heterocycles. The standard InChI is InChI=1S/C18H21NO2.ClH/c1-21-18(16-10-6-3-7-11-16)14-19-13-12-17(20)15-8-4-2-5-9-15;/h2-11,18-19H,12-14H2,1H3;1H. The monoisotopic (exact) mass is 319 g/mol. The van der Waals surface area contributed by atoms with E-state index in [0.29, 0.717) is 6.42 Å². The van der Waals surface area contributed by atoms with Crippen LogP contribution in [0.1, 0.15) is 28.4 Å². The predicted molar refractivity (Wildman–Crippen MR) is 83.2 cm³/mol. The highest BCUT2D eigenvalue weighted by Gasteiger charge is 2.12. The van der Waals surface area contributed by atoms with E-state index in [9.17, 15) is 4.79 Å². The normalized spacial score (nSPS) is 11.5. The molecule has 1 atom stereocenters. The van der Waals surface area contributed by atoms with E-state index in [1.807, 2.05) is 48.5 Å². The van der Waals surface area contributed by atoms with Gasteiger partial charge in [-0.05, 0) is 5.56 Å². The summed E-state index contributed by atoms with van der Waals surface area (Å²) in [5.74, 6) is 0.195. The molecule has 0 aliphatic heterocycles. The van der Waals surface area contributed by atoms with Gasteiger partial charge in [0.2, 0.25) is 0 Å². The maximum absolute atomic E-state index is 12.0. The summed E-state index contributed by atoms with van der Waals surface area (Å²) in [6.07, 6.45) is 0.618. The highest BCUT2D eigenvalue weighted by Crippen LogP contribution is 2.13. The Kier molecular flexibility index (Phi) is 8.44. The van der Waals surface area contributed by atoms with Gasteiger partial charge in [0, 0.05) is 12.7 Å². The number of halogens is 1. The number of benzene rings is 2. The minimum Gasteiger partial charge on any atom is -1.00 e. The third kappa shape index (κ3) is 5.60. The largest absolute Gasteiger partial charge is 1.00 e. The molecule has 0 spiro atoms. The summed E-state index contributed by atoms with van der Waals surface area (Å²) in [5.41, 5.74) is 1.96. The average Bonchev–Trinajstić information content (AvgIpc) is 2.56. The second-order valence-electron chi connectivity index (χ2n) is 4.99. The van der Waals surface area contributed by atoms with Crippen molar-refractivity contribution < 1.29 is 27.3 Å². The van der Waals surface area contributed by atoms with Crippen molar-refractivity contribution in [3.8, 4) is 0 Å². The van der Waals surface area contributed by atoms with E-state index >= 15 is 0 Å². The quantitative estimate of drug-likeness (QED) is 0.512. The first-order valence-corrected chi connectivity index (χ1v) is 7.29. The number of carbonyl (C=O) groups excluding carboxylic acids is 1. The first kappa shape index (κ1) is 18.4. The third-order valence-corrected chi connectivity index (χ3v) is 3.51. The molecule has 2 N–H and O–H groups in total. The van der Waals surface area contributed by atoms with Crippen LogP contribution < -0.4 is 17.7 Å². The number of nitrogens with two attached hydrogens (primary N) is 1. The van der Waals surface area contributed by atoms with Crippen molar-refractivity contribution in [3.05, 3.63) is 71.8 Å². The van der Waals surface area contributed by atoms with Gasteiger partial charge in [0.25, 0.3) is 0 Å². The molecule has 1 unspecified atom stereocenters. The number of carbonyl (C=O) groups is 1. The van der Waals surface area contributed by atoms with Gasteiger partial charge in [0.05, 0.1) is 13.0 Å². The van der Waals surface area contributed by atoms with Gasteiger partial charge in [-0.15, -0.1) is 0 Å². The van der Waals surface area contributed by atoms with Crippen LogP contribution in [0, 0.1) is 0 Å². The summed E-state index contributed by atoms with van der Waals surface area (Å²) in [4.78, 5) is 12.0. The second kappa shape index (κ2) is 10.1. The number of rotatable bonds is 8. The SMILES string of the molecule is COC(C[NH2+]CCC(=O)c1ccccc1)c1ccccc1.[Cl-]. The van der Waals surface area contributed by atoms with Gasteiger partial charge in [0.1, 0.15) is 12.6 Å². The van der Waals surface area contributed by atoms with Crippen molar-refractivity contribution in [3.63, 3.8) is 0 Å². The van der Waals surface area contributed by atoms with Gasteiger partial charge in [0.15, 0.2) is 5.78 Å². The molecule has 0 bridgehead atoms. The lowest BCUT2D eigenvalue weighted by Gasteiger charge is -2.14. The van der Waals surface area contributed by atoms with Crippen LogP contribution in [0.2, 0.25) is 0 Å². The minimum absolute atomic E-state index is 0. The summed E-state index contributed by atoms with van der Waals surface area (Å²) in [7, 11) is 1.72. The molecule has 0 radical (unpaired) electrons. The number of ketones is 1. The molecule has 0 aliphatic carbocycles. The van der Waals surface area contributed by atoms with Gasteiger partial charge in [-0.1, -0.05) is 60.7 Å². The number of ether oxygens (including phenoxy) is 1. The van der Waals surface area contributed by atoms with Crippen LogP contribution in [0.5, 0.6) is 0 Å². The Morgan fingerprint density at radius 1 is 1.05 bits per heavy atom. The number of methoxy groups -OCH3 is 1. The third-order valence-electron chi connectivity index (χ3n) is 3.51. The zero-order valence-corrected chi connectivity index (χ0v) is 13.5. The molecule has 118 valence electrons. The molecule has 0 amide bonds. The fourth-order valence-electron chi connectivity index (χ4n) is 2.31. The Labute approximate surface area is 138 Å². The lowest BCUT2D eigenvalue weighted by Crippen LogP contribution is -3.00. The molecular weight excluding hydrogens is 298 g/mol. The topological polar surface area (TPSA) is 42.9 Å². The highest BCUT2D eigenvalue weighted by molar-refractivity contribution is 5.95. The number of hydrogen-bond donors (Lipinski definition) is 1. The van der Waals surface area contributed by atoms with Gasteiger partial charge in [-0.2, -0.15) is 0 Å². The summed E-state index contributed by atoms with van der Waals surface area (Å²) in [6.45, 7) is 1.60. The van der Waals surface area contributed by atoms with Crippen molar-refractivity contribution in [2.45, 2.75) is 12.5 Å². The zero-order valence-electron chi connectivity index (χ0n) is 12.7. The van der Waals surface area contributed by atoms with Crippen LogP contribution in [0.4, 0.5) is 0 Å². The van der Waals surface area contributed by atoms with Crippen LogP contribution in [0.25, 0.3) is 0 Å². The molecule has 2 aromatic carbocycles. The van der Waals surface area contributed by atoms with Crippen LogP contribution >= 0.6 is 0 Å². The maximum Gasteiger partial charge on any atom is 0.168 e. The molecule has 3 nitrogen and oxygen atoms in total. The highest BCUT2D eigenvalue weighted by atomic mass is 35.5. The van der Waals surface area contributed by atoms with E-state index in [1.165, 1.54) is 5.56 Å². The predicted octanol–water partition coefficient (Wildman–Crippen LogP) is -0.785. The van der Waals surface area contributed by atoms with Crippen molar-refractivity contribution in [2.24, 2.45) is 0 Å². The van der Waals surface area contributed by atoms with E-state index in [-0.39, 0.29) is 24.3 Å². The van der Waals surface area contributed by atoms with Crippen LogP contribution in [0.3, 0.4) is 0 Å². The summed E-state index contributed by atoms with van der Waals surface area (Å²) < 4.78 is 5.51. The number of hydrogen-bond acceptors (Lipinski definition) is 2. The average molecular weight is 320 g/mol. The van der Waals surface area contributed by atoms with Crippen molar-refractivity contribution >= 4 is 5.78 Å². The summed E-state index contributed by atoms with van der Waals surface area (Å²) in [5, 5.41) is 2.14. The number of quaternary nitrogens is 1. The molecule has 0 saturated carbocycles. The first-order chi connectivity index (χ1) is 10.3. The molecule has 0 saturated heterocycles. The smallest absolute Gasteiger partial charge is 0.168 e. The van der Waals surface area contributed by atoms with Crippen LogP contribution in [0.15, 0.2) is 60.7 Å². The zero-order chi connectivity index (χ0) is 14.9. The lowest BCUT2D eigenvalue weighted by atomic mass is 10.1. The Morgan fingerprint density at radius 2 is 1.64 bits per heavy atom. The Morgan fingerprint density at radius 3 is 2.23 bits per heavy atom.